The highest BCUT2D eigenvalue weighted by Gasteiger charge is 2.12. The lowest BCUT2D eigenvalue weighted by molar-refractivity contribution is 0.483. The number of nitrogens with zero attached hydrogens (tertiary/aromatic N) is 1. The minimum absolute atomic E-state index is 0.845. The normalized spacial score (nSPS) is 16.6. The molecule has 1 N–H and O–H groups in total. The number of hydrogen-bond acceptors (Lipinski definition) is 3. The van der Waals surface area contributed by atoms with E-state index in [1.165, 1.54) is 49.8 Å². The maximum Gasteiger partial charge on any atom is 0.0901 e. The highest BCUT2D eigenvalue weighted by molar-refractivity contribution is 7.09. The first-order valence-corrected chi connectivity index (χ1v) is 8.96. The second-order valence-electron chi connectivity index (χ2n) is 6.07. The van der Waals surface area contributed by atoms with E-state index in [0.29, 0.717) is 0 Å². The molecule has 3 rings (SSSR count). The molecule has 1 saturated carbocycles. The zero-order valence-corrected chi connectivity index (χ0v) is 13.6. The number of aromatic nitrogens is 1. The zero-order chi connectivity index (χ0) is 14.5. The summed E-state index contributed by atoms with van der Waals surface area (Å²) in [7, 11) is 0. The molecule has 21 heavy (non-hydrogen) atoms. The molecule has 1 fully saturated rings. The Morgan fingerprint density at radius 2 is 2.00 bits per heavy atom. The molecule has 3 heteroatoms. The lowest BCUT2D eigenvalue weighted by Crippen LogP contribution is -2.13. The smallest absolute Gasteiger partial charge is 0.0901 e. The van der Waals surface area contributed by atoms with Gasteiger partial charge in [0, 0.05) is 23.2 Å². The molecule has 112 valence electrons. The average molecular weight is 300 g/mol. The van der Waals surface area contributed by atoms with E-state index >= 15 is 0 Å². The second-order valence-corrected chi connectivity index (χ2v) is 7.13. The first-order valence-electron chi connectivity index (χ1n) is 8.08. The van der Waals surface area contributed by atoms with Gasteiger partial charge in [0.25, 0.3) is 0 Å². The standard InChI is InChI=1S/C18H24N2S/c1-14-20-18(13-21-14)16-9-6-10-17(11-16)19-12-15-7-4-2-3-5-8-15/h6,9-11,13,15,19H,2-5,7-8,12H2,1H3. The molecule has 1 aliphatic carbocycles. The quantitative estimate of drug-likeness (QED) is 0.754. The molecule has 0 amide bonds. The van der Waals surface area contributed by atoms with Gasteiger partial charge in [-0.25, -0.2) is 4.98 Å². The minimum atomic E-state index is 0.845. The SMILES string of the molecule is Cc1nc(-c2cccc(NCC3CCCCCC3)c2)cs1. The van der Waals surface area contributed by atoms with Crippen molar-refractivity contribution in [1.29, 1.82) is 0 Å². The van der Waals surface area contributed by atoms with Crippen molar-refractivity contribution in [2.75, 3.05) is 11.9 Å². The van der Waals surface area contributed by atoms with Crippen molar-refractivity contribution in [3.05, 3.63) is 34.7 Å². The van der Waals surface area contributed by atoms with Crippen molar-refractivity contribution in [3.8, 4) is 11.3 Å². The van der Waals surface area contributed by atoms with Crippen molar-refractivity contribution in [1.82, 2.24) is 4.98 Å². The van der Waals surface area contributed by atoms with E-state index in [2.05, 4.69) is 46.9 Å². The summed E-state index contributed by atoms with van der Waals surface area (Å²) >= 11 is 1.71. The van der Waals surface area contributed by atoms with Crippen LogP contribution in [0, 0.1) is 12.8 Å². The van der Waals surface area contributed by atoms with E-state index in [-0.39, 0.29) is 0 Å². The van der Waals surface area contributed by atoms with Gasteiger partial charge in [-0.15, -0.1) is 11.3 Å². The molecule has 0 unspecified atom stereocenters. The van der Waals surface area contributed by atoms with E-state index in [4.69, 9.17) is 0 Å². The maximum atomic E-state index is 4.58. The number of hydrogen-bond donors (Lipinski definition) is 1. The Bertz CT molecular complexity index is 568. The van der Waals surface area contributed by atoms with Gasteiger partial charge in [0.1, 0.15) is 0 Å². The van der Waals surface area contributed by atoms with E-state index in [1.54, 1.807) is 11.3 Å². The van der Waals surface area contributed by atoms with Gasteiger partial charge in [0.15, 0.2) is 0 Å². The van der Waals surface area contributed by atoms with Crippen molar-refractivity contribution >= 4 is 17.0 Å². The Kier molecular flexibility index (Phi) is 4.91. The molecule has 1 aromatic heterocycles. The van der Waals surface area contributed by atoms with Crippen molar-refractivity contribution < 1.29 is 0 Å². The fourth-order valence-corrected chi connectivity index (χ4v) is 3.74. The summed E-state index contributed by atoms with van der Waals surface area (Å²) in [5.74, 6) is 0.845. The zero-order valence-electron chi connectivity index (χ0n) is 12.8. The van der Waals surface area contributed by atoms with Crippen LogP contribution in [0.4, 0.5) is 5.69 Å². The van der Waals surface area contributed by atoms with E-state index in [0.717, 1.165) is 23.2 Å². The summed E-state index contributed by atoms with van der Waals surface area (Å²) in [4.78, 5) is 4.58. The van der Waals surface area contributed by atoms with Gasteiger partial charge in [0.05, 0.1) is 10.7 Å². The number of rotatable bonds is 4. The summed E-state index contributed by atoms with van der Waals surface area (Å²) < 4.78 is 0. The third-order valence-corrected chi connectivity index (χ3v) is 5.12. The lowest BCUT2D eigenvalue weighted by Gasteiger charge is -2.16. The molecular formula is C18H24N2S. The van der Waals surface area contributed by atoms with Crippen LogP contribution in [0.1, 0.15) is 43.5 Å². The van der Waals surface area contributed by atoms with Crippen LogP contribution in [0.15, 0.2) is 29.6 Å². The molecule has 0 atom stereocenters. The minimum Gasteiger partial charge on any atom is -0.385 e. The van der Waals surface area contributed by atoms with Gasteiger partial charge in [0.2, 0.25) is 0 Å². The highest BCUT2D eigenvalue weighted by atomic mass is 32.1. The molecule has 1 aliphatic rings. The Balaban J connectivity index is 1.63. The van der Waals surface area contributed by atoms with Gasteiger partial charge in [-0.05, 0) is 37.8 Å². The number of thiazole rings is 1. The fraction of sp³-hybridized carbons (Fsp3) is 0.500. The molecule has 0 spiro atoms. The predicted molar refractivity (Wildman–Crippen MR) is 92.0 cm³/mol. The van der Waals surface area contributed by atoms with Crippen LogP contribution in [-0.4, -0.2) is 11.5 Å². The average Bonchev–Trinajstić information content (AvgIpc) is 2.78. The number of benzene rings is 1. The maximum absolute atomic E-state index is 4.58. The second kappa shape index (κ2) is 7.08. The number of anilines is 1. The molecule has 2 aromatic rings. The summed E-state index contributed by atoms with van der Waals surface area (Å²) in [6.45, 7) is 3.17. The third kappa shape index (κ3) is 4.07. The van der Waals surface area contributed by atoms with Crippen molar-refractivity contribution in [3.63, 3.8) is 0 Å². The summed E-state index contributed by atoms with van der Waals surface area (Å²) in [5, 5.41) is 6.90. The van der Waals surface area contributed by atoms with Crippen molar-refractivity contribution in [2.24, 2.45) is 5.92 Å². The molecule has 0 bridgehead atoms. The molecular weight excluding hydrogens is 276 g/mol. The lowest BCUT2D eigenvalue weighted by atomic mass is 10.0. The van der Waals surface area contributed by atoms with Crippen LogP contribution in [-0.2, 0) is 0 Å². The van der Waals surface area contributed by atoms with Gasteiger partial charge < -0.3 is 5.32 Å². The predicted octanol–water partition coefficient (Wildman–Crippen LogP) is 5.50. The topological polar surface area (TPSA) is 24.9 Å². The van der Waals surface area contributed by atoms with Crippen LogP contribution in [0.3, 0.4) is 0 Å². The van der Waals surface area contributed by atoms with Crippen LogP contribution in [0.25, 0.3) is 11.3 Å². The Labute approximate surface area is 131 Å². The molecule has 0 radical (unpaired) electrons. The van der Waals surface area contributed by atoms with Gasteiger partial charge in [-0.3, -0.25) is 0 Å². The van der Waals surface area contributed by atoms with E-state index in [1.807, 2.05) is 0 Å². The monoisotopic (exact) mass is 300 g/mol. The van der Waals surface area contributed by atoms with Crippen LogP contribution in [0.5, 0.6) is 0 Å². The summed E-state index contributed by atoms with van der Waals surface area (Å²) in [5.41, 5.74) is 3.53. The first-order chi connectivity index (χ1) is 10.3. The van der Waals surface area contributed by atoms with Crippen molar-refractivity contribution in [2.45, 2.75) is 45.4 Å². The number of nitrogens with one attached hydrogen (secondary N) is 1. The molecule has 0 aliphatic heterocycles. The van der Waals surface area contributed by atoms with Crippen LogP contribution in [0.2, 0.25) is 0 Å². The molecule has 1 heterocycles. The summed E-state index contributed by atoms with van der Waals surface area (Å²) in [6, 6.07) is 8.66. The third-order valence-electron chi connectivity index (χ3n) is 4.35. The molecule has 1 aromatic carbocycles. The van der Waals surface area contributed by atoms with E-state index < -0.39 is 0 Å². The van der Waals surface area contributed by atoms with Crippen LogP contribution >= 0.6 is 11.3 Å². The first kappa shape index (κ1) is 14.6. The Hall–Kier alpha value is -1.35. The largest absolute Gasteiger partial charge is 0.385 e. The van der Waals surface area contributed by atoms with Gasteiger partial charge >= 0.3 is 0 Å². The molecule has 0 saturated heterocycles. The van der Waals surface area contributed by atoms with Crippen LogP contribution < -0.4 is 5.32 Å². The van der Waals surface area contributed by atoms with E-state index in [9.17, 15) is 0 Å². The number of aryl methyl sites for hydroxylation is 1. The summed E-state index contributed by atoms with van der Waals surface area (Å²) in [6.07, 6.45) is 8.44. The van der Waals surface area contributed by atoms with Gasteiger partial charge in [-0.2, -0.15) is 0 Å². The highest BCUT2D eigenvalue weighted by Crippen LogP contribution is 2.26. The Morgan fingerprint density at radius 1 is 1.19 bits per heavy atom. The van der Waals surface area contributed by atoms with Gasteiger partial charge in [-0.1, -0.05) is 37.8 Å². The molecule has 2 nitrogen and oxygen atoms in total. The Morgan fingerprint density at radius 3 is 2.71 bits per heavy atom. The fourth-order valence-electron chi connectivity index (χ4n) is 3.11.